The van der Waals surface area contributed by atoms with Gasteiger partial charge in [-0.3, -0.25) is 18.4 Å². The Morgan fingerprint density at radius 1 is 1.00 bits per heavy atom. The first kappa shape index (κ1) is 24.6. The molecule has 5 aromatic rings. The Hall–Kier alpha value is -3.72. The number of fused-ring (bicyclic) bond motifs is 2. The van der Waals surface area contributed by atoms with Crippen molar-refractivity contribution in [1.82, 2.24) is 33.8 Å². The summed E-state index contributed by atoms with van der Waals surface area (Å²) in [5.74, 6) is 0.846. The summed E-state index contributed by atoms with van der Waals surface area (Å²) >= 11 is 0. The van der Waals surface area contributed by atoms with E-state index in [1.165, 1.54) is 0 Å². The molecule has 0 bridgehead atoms. The Morgan fingerprint density at radius 2 is 1.74 bits per heavy atom. The second kappa shape index (κ2) is 8.66. The van der Waals surface area contributed by atoms with Crippen molar-refractivity contribution in [3.8, 4) is 16.8 Å². The predicted molar refractivity (Wildman–Crippen MR) is 148 cm³/mol. The minimum Gasteiger partial charge on any atom is -0.317 e. The molecule has 1 aliphatic rings. The molecule has 0 atom stereocenters. The summed E-state index contributed by atoms with van der Waals surface area (Å²) in [5.41, 5.74) is 6.17. The Kier molecular flexibility index (Phi) is 5.61. The van der Waals surface area contributed by atoms with Gasteiger partial charge in [0, 0.05) is 55.6 Å². The molecular formula is C29H34FN7O. The third kappa shape index (κ3) is 3.79. The number of aryl methyl sites for hydroxylation is 3. The zero-order valence-corrected chi connectivity index (χ0v) is 22.8. The number of hydrogen-bond acceptors (Lipinski definition) is 4. The molecule has 1 saturated heterocycles. The first-order chi connectivity index (χ1) is 18.0. The fraction of sp³-hybridized carbons (Fsp3) is 0.414. The highest BCUT2D eigenvalue weighted by Gasteiger charge is 2.28. The lowest BCUT2D eigenvalue weighted by Gasteiger charge is -2.26. The summed E-state index contributed by atoms with van der Waals surface area (Å²) < 4.78 is 22.8. The Bertz CT molecular complexity index is 1760. The number of halogens is 1. The number of aromatic nitrogens is 6. The van der Waals surface area contributed by atoms with Gasteiger partial charge < -0.3 is 5.32 Å². The number of rotatable bonds is 3. The molecule has 1 N–H and O–H groups in total. The van der Waals surface area contributed by atoms with Gasteiger partial charge in [0.2, 0.25) is 0 Å². The quantitative estimate of drug-likeness (QED) is 0.383. The molecule has 6 rings (SSSR count). The minimum atomic E-state index is -0.320. The molecule has 8 nitrogen and oxygen atoms in total. The van der Waals surface area contributed by atoms with Crippen molar-refractivity contribution >= 4 is 22.1 Å². The lowest BCUT2D eigenvalue weighted by atomic mass is 9.88. The standard InChI is InChI=1S/C29H34FN7O/c1-29(2,3)27-33-23-13-20(18-15-32-34(4)16-18)22(30)14-24(23)37(27)19-11-21(17-7-9-31-10-8-17)26-25(12-19)35(5)28(38)36(26)6/h11-17,31H,7-10H2,1-6H3. The van der Waals surface area contributed by atoms with Gasteiger partial charge in [-0.25, -0.2) is 14.2 Å². The molecule has 9 heteroatoms. The van der Waals surface area contributed by atoms with Crippen molar-refractivity contribution in [2.75, 3.05) is 13.1 Å². The number of piperidine rings is 1. The Morgan fingerprint density at radius 3 is 2.39 bits per heavy atom. The van der Waals surface area contributed by atoms with E-state index in [2.05, 4.69) is 41.8 Å². The summed E-state index contributed by atoms with van der Waals surface area (Å²) in [6.45, 7) is 8.25. The Balaban J connectivity index is 1.66. The summed E-state index contributed by atoms with van der Waals surface area (Å²) in [7, 11) is 5.48. The maximum atomic E-state index is 15.6. The maximum Gasteiger partial charge on any atom is 0.328 e. The molecule has 0 saturated carbocycles. The minimum absolute atomic E-state index is 0.0500. The molecule has 38 heavy (non-hydrogen) atoms. The van der Waals surface area contributed by atoms with Gasteiger partial charge in [0.1, 0.15) is 11.6 Å². The van der Waals surface area contributed by atoms with E-state index in [4.69, 9.17) is 4.98 Å². The van der Waals surface area contributed by atoms with Crippen LogP contribution in [0.25, 0.3) is 38.9 Å². The third-order valence-corrected chi connectivity index (χ3v) is 7.84. The number of imidazole rings is 2. The second-order valence-corrected chi connectivity index (χ2v) is 11.6. The zero-order valence-electron chi connectivity index (χ0n) is 22.8. The van der Waals surface area contributed by atoms with E-state index in [-0.39, 0.29) is 16.9 Å². The van der Waals surface area contributed by atoms with Crippen molar-refractivity contribution in [1.29, 1.82) is 0 Å². The zero-order chi connectivity index (χ0) is 26.9. The van der Waals surface area contributed by atoms with Crippen LogP contribution in [0.3, 0.4) is 0 Å². The lowest BCUT2D eigenvalue weighted by molar-refractivity contribution is 0.461. The van der Waals surface area contributed by atoms with Gasteiger partial charge >= 0.3 is 5.69 Å². The summed E-state index contributed by atoms with van der Waals surface area (Å²) in [6.07, 6.45) is 5.48. The summed E-state index contributed by atoms with van der Waals surface area (Å²) in [5, 5.41) is 7.66. The van der Waals surface area contributed by atoms with E-state index in [9.17, 15) is 4.79 Å². The number of nitrogens with zero attached hydrogens (tertiary/aromatic N) is 6. The van der Waals surface area contributed by atoms with Crippen LogP contribution in [0.1, 0.15) is 50.9 Å². The lowest BCUT2D eigenvalue weighted by Crippen LogP contribution is -2.27. The topological polar surface area (TPSA) is 74.6 Å². The van der Waals surface area contributed by atoms with Crippen LogP contribution in [0.5, 0.6) is 0 Å². The van der Waals surface area contributed by atoms with Gasteiger partial charge in [0.15, 0.2) is 0 Å². The van der Waals surface area contributed by atoms with E-state index >= 15 is 4.39 Å². The average molecular weight is 516 g/mol. The van der Waals surface area contributed by atoms with Crippen LogP contribution < -0.4 is 11.0 Å². The molecule has 0 spiro atoms. The van der Waals surface area contributed by atoms with Gasteiger partial charge in [0.05, 0.1) is 28.3 Å². The highest BCUT2D eigenvalue weighted by molar-refractivity contribution is 5.87. The van der Waals surface area contributed by atoms with Crippen LogP contribution in [0, 0.1) is 5.82 Å². The Labute approximate surface area is 220 Å². The number of nitrogens with one attached hydrogen (secondary N) is 1. The van der Waals surface area contributed by atoms with E-state index in [1.54, 1.807) is 32.3 Å². The van der Waals surface area contributed by atoms with Crippen molar-refractivity contribution in [2.45, 2.75) is 44.9 Å². The van der Waals surface area contributed by atoms with E-state index < -0.39 is 0 Å². The summed E-state index contributed by atoms with van der Waals surface area (Å²) in [4.78, 5) is 18.1. The van der Waals surface area contributed by atoms with Gasteiger partial charge in [-0.2, -0.15) is 5.10 Å². The largest absolute Gasteiger partial charge is 0.328 e. The molecule has 1 aliphatic heterocycles. The van der Waals surface area contributed by atoms with Crippen LogP contribution in [0.2, 0.25) is 0 Å². The van der Waals surface area contributed by atoms with Crippen molar-refractivity contribution in [3.05, 3.63) is 64.3 Å². The van der Waals surface area contributed by atoms with Gasteiger partial charge in [-0.1, -0.05) is 20.8 Å². The van der Waals surface area contributed by atoms with E-state index in [1.807, 2.05) is 33.3 Å². The van der Waals surface area contributed by atoms with Crippen molar-refractivity contribution < 1.29 is 4.39 Å². The number of hydrogen-bond donors (Lipinski definition) is 1. The predicted octanol–water partition coefficient (Wildman–Crippen LogP) is 4.52. The van der Waals surface area contributed by atoms with E-state index in [0.29, 0.717) is 22.6 Å². The molecule has 0 radical (unpaired) electrons. The third-order valence-electron chi connectivity index (χ3n) is 7.84. The van der Waals surface area contributed by atoms with Crippen molar-refractivity contribution in [2.24, 2.45) is 21.1 Å². The van der Waals surface area contributed by atoms with Crippen LogP contribution in [0.15, 0.2) is 41.5 Å². The van der Waals surface area contributed by atoms with Gasteiger partial charge in [-0.15, -0.1) is 0 Å². The highest BCUT2D eigenvalue weighted by atomic mass is 19.1. The fourth-order valence-corrected chi connectivity index (χ4v) is 5.89. The monoisotopic (exact) mass is 515 g/mol. The molecule has 4 heterocycles. The first-order valence-corrected chi connectivity index (χ1v) is 13.2. The molecule has 2 aromatic carbocycles. The maximum absolute atomic E-state index is 15.6. The smallest absolute Gasteiger partial charge is 0.317 e. The van der Waals surface area contributed by atoms with E-state index in [0.717, 1.165) is 59.6 Å². The SMILES string of the molecule is Cn1cc(-c2cc3nc(C(C)(C)C)n(-c4cc(C5CCNCC5)c5c(c4)n(C)c(=O)n5C)c3cc2F)cn1. The van der Waals surface area contributed by atoms with Crippen LogP contribution in [0.4, 0.5) is 4.39 Å². The van der Waals surface area contributed by atoms with Gasteiger partial charge in [-0.05, 0) is 55.6 Å². The molecular weight excluding hydrogens is 481 g/mol. The normalized spacial score (nSPS) is 15.2. The molecule has 0 aliphatic carbocycles. The molecule has 1 fully saturated rings. The first-order valence-electron chi connectivity index (χ1n) is 13.2. The fourth-order valence-electron chi connectivity index (χ4n) is 5.89. The van der Waals surface area contributed by atoms with Crippen LogP contribution in [-0.2, 0) is 26.6 Å². The summed E-state index contributed by atoms with van der Waals surface area (Å²) in [6, 6.07) is 7.64. The van der Waals surface area contributed by atoms with Gasteiger partial charge in [0.25, 0.3) is 0 Å². The van der Waals surface area contributed by atoms with Crippen molar-refractivity contribution in [3.63, 3.8) is 0 Å². The highest BCUT2D eigenvalue weighted by Crippen LogP contribution is 2.37. The molecule has 0 amide bonds. The van der Waals surface area contributed by atoms with Crippen LogP contribution >= 0.6 is 0 Å². The molecule has 0 unspecified atom stereocenters. The van der Waals surface area contributed by atoms with Crippen LogP contribution in [-0.4, -0.2) is 41.6 Å². The molecule has 198 valence electrons. The second-order valence-electron chi connectivity index (χ2n) is 11.6. The average Bonchev–Trinajstić information content (AvgIpc) is 3.55. The molecule has 3 aromatic heterocycles. The number of benzene rings is 2.